The molecule has 0 spiro atoms. The molecule has 0 saturated heterocycles. The molecule has 0 atom stereocenters. The highest BCUT2D eigenvalue weighted by Crippen LogP contribution is 2.34. The van der Waals surface area contributed by atoms with Crippen molar-refractivity contribution in [3.63, 3.8) is 0 Å². The van der Waals surface area contributed by atoms with Crippen LogP contribution in [0.1, 0.15) is 46.4 Å². The van der Waals surface area contributed by atoms with Gasteiger partial charge in [0.15, 0.2) is 5.13 Å². The lowest BCUT2D eigenvalue weighted by Crippen LogP contribution is -2.45. The van der Waals surface area contributed by atoms with E-state index < -0.39 is 11.6 Å². The van der Waals surface area contributed by atoms with Crippen LogP contribution in [-0.4, -0.2) is 21.7 Å². The van der Waals surface area contributed by atoms with Gasteiger partial charge >= 0.3 is 6.09 Å². The first-order valence-corrected chi connectivity index (χ1v) is 6.34. The average molecular weight is 256 g/mol. The molecule has 0 saturated carbocycles. The summed E-state index contributed by atoms with van der Waals surface area (Å²) in [6.07, 6.45) is 0.800. The van der Waals surface area contributed by atoms with Crippen LogP contribution in [0.5, 0.6) is 0 Å². The SMILES string of the molecule is CC(C)(C)c1cnc(N(C(=O)O)C(C)(C)C)s1. The van der Waals surface area contributed by atoms with E-state index in [0.29, 0.717) is 5.13 Å². The molecule has 1 aromatic heterocycles. The summed E-state index contributed by atoms with van der Waals surface area (Å²) >= 11 is 1.44. The lowest BCUT2D eigenvalue weighted by Gasteiger charge is -2.30. The minimum atomic E-state index is -0.965. The van der Waals surface area contributed by atoms with Crippen LogP contribution in [0.15, 0.2) is 6.20 Å². The van der Waals surface area contributed by atoms with Gasteiger partial charge in [0, 0.05) is 16.6 Å². The molecule has 96 valence electrons. The number of carboxylic acid groups (broad SMARTS) is 1. The van der Waals surface area contributed by atoms with Crippen molar-refractivity contribution < 1.29 is 9.90 Å². The van der Waals surface area contributed by atoms with E-state index in [9.17, 15) is 9.90 Å². The highest BCUT2D eigenvalue weighted by atomic mass is 32.1. The van der Waals surface area contributed by atoms with E-state index in [1.807, 2.05) is 20.8 Å². The molecule has 0 radical (unpaired) electrons. The van der Waals surface area contributed by atoms with Crippen LogP contribution in [0, 0.1) is 0 Å². The maximum atomic E-state index is 11.3. The molecule has 0 bridgehead atoms. The van der Waals surface area contributed by atoms with Gasteiger partial charge in [-0.1, -0.05) is 20.8 Å². The second-order valence-corrected chi connectivity index (χ2v) is 7.05. The molecule has 0 aromatic carbocycles. The smallest absolute Gasteiger partial charge is 0.414 e. The van der Waals surface area contributed by atoms with Gasteiger partial charge in [0.05, 0.1) is 0 Å². The van der Waals surface area contributed by atoms with Gasteiger partial charge in [-0.25, -0.2) is 14.7 Å². The molecule has 0 fully saturated rings. The third-order valence-electron chi connectivity index (χ3n) is 2.29. The lowest BCUT2D eigenvalue weighted by molar-refractivity contribution is 0.195. The van der Waals surface area contributed by atoms with E-state index in [4.69, 9.17) is 0 Å². The number of anilines is 1. The van der Waals surface area contributed by atoms with Gasteiger partial charge in [0.2, 0.25) is 0 Å². The zero-order valence-corrected chi connectivity index (χ0v) is 12.1. The molecule has 1 N–H and O–H groups in total. The average Bonchev–Trinajstić information content (AvgIpc) is 2.47. The van der Waals surface area contributed by atoms with Crippen molar-refractivity contribution in [2.45, 2.75) is 52.5 Å². The third-order valence-corrected chi connectivity index (χ3v) is 3.69. The largest absolute Gasteiger partial charge is 0.465 e. The minimum absolute atomic E-state index is 0.00201. The molecule has 0 aliphatic heterocycles. The van der Waals surface area contributed by atoms with Crippen LogP contribution >= 0.6 is 11.3 Å². The number of nitrogens with zero attached hydrogens (tertiary/aromatic N) is 2. The van der Waals surface area contributed by atoms with E-state index >= 15 is 0 Å². The standard InChI is InChI=1S/C12H20N2O2S/c1-11(2,3)8-7-13-9(17-8)14(10(15)16)12(4,5)6/h7H,1-6H3,(H,15,16). The van der Waals surface area contributed by atoms with Crippen molar-refractivity contribution >= 4 is 22.6 Å². The van der Waals surface area contributed by atoms with Crippen LogP contribution in [-0.2, 0) is 5.41 Å². The second kappa shape index (κ2) is 4.29. The van der Waals surface area contributed by atoms with Crippen molar-refractivity contribution in [2.75, 3.05) is 4.90 Å². The van der Waals surface area contributed by atoms with Gasteiger partial charge in [0.25, 0.3) is 0 Å². The van der Waals surface area contributed by atoms with Gasteiger partial charge in [-0.2, -0.15) is 0 Å². The Morgan fingerprint density at radius 1 is 1.29 bits per heavy atom. The first kappa shape index (κ1) is 14.0. The predicted octanol–water partition coefficient (Wildman–Crippen LogP) is 3.72. The van der Waals surface area contributed by atoms with E-state index in [-0.39, 0.29) is 5.41 Å². The summed E-state index contributed by atoms with van der Waals surface area (Å²) in [4.78, 5) is 17.9. The van der Waals surface area contributed by atoms with Crippen LogP contribution < -0.4 is 4.90 Å². The quantitative estimate of drug-likeness (QED) is 0.833. The highest BCUT2D eigenvalue weighted by Gasteiger charge is 2.31. The van der Waals surface area contributed by atoms with Gasteiger partial charge in [-0.05, 0) is 26.2 Å². The van der Waals surface area contributed by atoms with Crippen molar-refractivity contribution in [1.29, 1.82) is 0 Å². The Labute approximate surface area is 106 Å². The van der Waals surface area contributed by atoms with Crippen LogP contribution in [0.2, 0.25) is 0 Å². The predicted molar refractivity (Wildman–Crippen MR) is 71.1 cm³/mol. The number of amides is 1. The summed E-state index contributed by atoms with van der Waals surface area (Å²) < 4.78 is 0. The number of carbonyl (C=O) groups is 1. The van der Waals surface area contributed by atoms with E-state index in [1.54, 1.807) is 6.20 Å². The summed E-state index contributed by atoms with van der Waals surface area (Å²) in [6, 6.07) is 0. The van der Waals surface area contributed by atoms with Crippen molar-refractivity contribution in [1.82, 2.24) is 4.98 Å². The minimum Gasteiger partial charge on any atom is -0.465 e. The number of hydrogen-bond donors (Lipinski definition) is 1. The molecule has 0 aliphatic carbocycles. The van der Waals surface area contributed by atoms with Gasteiger partial charge in [-0.15, -0.1) is 11.3 Å². The molecular formula is C12H20N2O2S. The van der Waals surface area contributed by atoms with Gasteiger partial charge in [-0.3, -0.25) is 0 Å². The molecule has 5 heteroatoms. The Morgan fingerprint density at radius 2 is 1.82 bits per heavy atom. The molecule has 1 aromatic rings. The second-order valence-electron chi connectivity index (χ2n) is 6.05. The fraction of sp³-hybridized carbons (Fsp3) is 0.667. The zero-order valence-electron chi connectivity index (χ0n) is 11.2. The molecule has 0 unspecified atom stereocenters. The highest BCUT2D eigenvalue weighted by molar-refractivity contribution is 7.15. The van der Waals surface area contributed by atoms with Crippen molar-refractivity contribution in [3.8, 4) is 0 Å². The molecule has 17 heavy (non-hydrogen) atoms. The van der Waals surface area contributed by atoms with Crippen LogP contribution in [0.25, 0.3) is 0 Å². The third kappa shape index (κ3) is 3.19. The molecule has 0 aliphatic rings. The normalized spacial score (nSPS) is 12.6. The van der Waals surface area contributed by atoms with Gasteiger partial charge in [0.1, 0.15) is 0 Å². The molecule has 1 heterocycles. The molecule has 1 amide bonds. The maximum absolute atomic E-state index is 11.3. The molecule has 4 nitrogen and oxygen atoms in total. The Balaban J connectivity index is 3.14. The van der Waals surface area contributed by atoms with E-state index in [2.05, 4.69) is 25.8 Å². The topological polar surface area (TPSA) is 53.4 Å². The van der Waals surface area contributed by atoms with Crippen molar-refractivity contribution in [3.05, 3.63) is 11.1 Å². The first-order chi connectivity index (χ1) is 7.53. The Hall–Kier alpha value is -1.10. The number of thiazole rings is 1. The summed E-state index contributed by atoms with van der Waals surface area (Å²) in [5, 5.41) is 9.80. The fourth-order valence-electron chi connectivity index (χ4n) is 1.37. The molecule has 1 rings (SSSR count). The summed E-state index contributed by atoms with van der Waals surface area (Å²) in [5.41, 5.74) is -0.489. The van der Waals surface area contributed by atoms with Crippen molar-refractivity contribution in [2.24, 2.45) is 0 Å². The number of aromatic nitrogens is 1. The van der Waals surface area contributed by atoms with E-state index in [0.717, 1.165) is 4.88 Å². The van der Waals surface area contributed by atoms with E-state index in [1.165, 1.54) is 16.2 Å². The Bertz CT molecular complexity index is 413. The lowest BCUT2D eigenvalue weighted by atomic mass is 9.96. The molecular weight excluding hydrogens is 236 g/mol. The first-order valence-electron chi connectivity index (χ1n) is 5.53. The summed E-state index contributed by atoms with van der Waals surface area (Å²) in [5.74, 6) is 0. The Morgan fingerprint density at radius 3 is 2.12 bits per heavy atom. The van der Waals surface area contributed by atoms with Gasteiger partial charge < -0.3 is 5.11 Å². The van der Waals surface area contributed by atoms with Crippen LogP contribution in [0.3, 0.4) is 0 Å². The van der Waals surface area contributed by atoms with Crippen LogP contribution in [0.4, 0.5) is 9.93 Å². The summed E-state index contributed by atoms with van der Waals surface area (Å²) in [6.45, 7) is 11.9. The number of hydrogen-bond acceptors (Lipinski definition) is 3. The Kier molecular flexibility index (Phi) is 3.52. The maximum Gasteiger partial charge on any atom is 0.414 e. The fourth-order valence-corrected chi connectivity index (χ4v) is 2.53. The zero-order chi connectivity index (χ0) is 13.4. The monoisotopic (exact) mass is 256 g/mol. The summed E-state index contributed by atoms with van der Waals surface area (Å²) in [7, 11) is 0. The number of rotatable bonds is 1.